The van der Waals surface area contributed by atoms with Crippen LogP contribution in [-0.2, 0) is 17.7 Å². The van der Waals surface area contributed by atoms with Crippen molar-refractivity contribution < 1.29 is 18.7 Å². The minimum Gasteiger partial charge on any atom is -0.497 e. The van der Waals surface area contributed by atoms with E-state index in [2.05, 4.69) is 0 Å². The number of aryl methyl sites for hydroxylation is 1. The van der Waals surface area contributed by atoms with Crippen molar-refractivity contribution in [2.24, 2.45) is 0 Å². The van der Waals surface area contributed by atoms with Crippen molar-refractivity contribution in [1.29, 1.82) is 0 Å². The Balaban J connectivity index is 1.58. The summed E-state index contributed by atoms with van der Waals surface area (Å²) in [6, 6.07) is 7.70. The first-order valence-corrected chi connectivity index (χ1v) is 9.24. The van der Waals surface area contributed by atoms with Crippen LogP contribution in [0.4, 0.5) is 0 Å². The zero-order valence-electron chi connectivity index (χ0n) is 15.6. The quantitative estimate of drug-likeness (QED) is 0.832. The molecule has 4 rings (SSSR count). The fraction of sp³-hybridized carbons (Fsp3) is 0.429. The molecule has 1 aromatic heterocycles. The second-order valence-electron chi connectivity index (χ2n) is 7.17. The Bertz CT molecular complexity index is 927. The lowest BCUT2D eigenvalue weighted by atomic mass is 9.98. The van der Waals surface area contributed by atoms with Gasteiger partial charge >= 0.3 is 5.63 Å². The largest absolute Gasteiger partial charge is 0.497 e. The third-order valence-electron chi connectivity index (χ3n) is 5.43. The molecule has 1 atom stereocenters. The summed E-state index contributed by atoms with van der Waals surface area (Å²) in [6.45, 7) is 4.08. The van der Waals surface area contributed by atoms with E-state index in [4.69, 9.17) is 13.9 Å². The van der Waals surface area contributed by atoms with Crippen molar-refractivity contribution in [3.05, 3.63) is 62.7 Å². The van der Waals surface area contributed by atoms with Crippen molar-refractivity contribution in [1.82, 2.24) is 4.90 Å². The lowest BCUT2D eigenvalue weighted by Gasteiger charge is -2.29. The highest BCUT2D eigenvalue weighted by Gasteiger charge is 2.28. The summed E-state index contributed by atoms with van der Waals surface area (Å²) in [5.74, 6) is 1.26. The van der Waals surface area contributed by atoms with Gasteiger partial charge in [0.15, 0.2) is 0 Å². The first kappa shape index (κ1) is 17.8. The fourth-order valence-corrected chi connectivity index (χ4v) is 3.84. The van der Waals surface area contributed by atoms with Crippen LogP contribution in [0, 0.1) is 6.92 Å². The lowest BCUT2D eigenvalue weighted by Crippen LogP contribution is -2.38. The summed E-state index contributed by atoms with van der Waals surface area (Å²) in [6.07, 6.45) is 1.57. The molecular formula is C21H23NO5. The van der Waals surface area contributed by atoms with Crippen molar-refractivity contribution in [2.75, 3.05) is 26.9 Å². The maximum atomic E-state index is 13.0. The van der Waals surface area contributed by atoms with Gasteiger partial charge in [0.1, 0.15) is 17.1 Å². The van der Waals surface area contributed by atoms with Gasteiger partial charge in [-0.05, 0) is 54.7 Å². The van der Waals surface area contributed by atoms with Gasteiger partial charge in [-0.3, -0.25) is 4.79 Å². The number of benzene rings is 1. The van der Waals surface area contributed by atoms with Gasteiger partial charge in [0.25, 0.3) is 5.91 Å². The summed E-state index contributed by atoms with van der Waals surface area (Å²) < 4.78 is 16.1. The molecule has 2 aromatic rings. The molecule has 142 valence electrons. The maximum absolute atomic E-state index is 13.0. The molecule has 3 heterocycles. The number of hydrogen-bond donors (Lipinski definition) is 0. The molecule has 0 aliphatic carbocycles. The van der Waals surface area contributed by atoms with Crippen molar-refractivity contribution in [3.8, 4) is 5.75 Å². The third kappa shape index (κ3) is 3.37. The average molecular weight is 369 g/mol. The van der Waals surface area contributed by atoms with Crippen LogP contribution in [-0.4, -0.2) is 37.7 Å². The molecule has 1 aromatic carbocycles. The molecule has 6 nitrogen and oxygen atoms in total. The summed E-state index contributed by atoms with van der Waals surface area (Å²) in [5, 5.41) is 0. The number of amides is 1. The zero-order chi connectivity index (χ0) is 19.0. The molecule has 0 radical (unpaired) electrons. The van der Waals surface area contributed by atoms with Crippen molar-refractivity contribution >= 4 is 5.91 Å². The monoisotopic (exact) mass is 369 g/mol. The fourth-order valence-electron chi connectivity index (χ4n) is 3.84. The lowest BCUT2D eigenvalue weighted by molar-refractivity contribution is 0.0728. The number of methoxy groups -OCH3 is 1. The Labute approximate surface area is 157 Å². The highest BCUT2D eigenvalue weighted by atomic mass is 16.5. The molecule has 2 aliphatic rings. The average Bonchev–Trinajstić information content (AvgIpc) is 3.21. The van der Waals surface area contributed by atoms with Crippen LogP contribution in [0.5, 0.6) is 5.75 Å². The number of nitrogens with zero attached hydrogens (tertiary/aromatic N) is 1. The number of ether oxygens (including phenoxy) is 2. The minimum absolute atomic E-state index is 0.0948. The molecule has 2 aliphatic heterocycles. The molecule has 0 spiro atoms. The van der Waals surface area contributed by atoms with E-state index < -0.39 is 5.63 Å². The van der Waals surface area contributed by atoms with E-state index in [1.54, 1.807) is 18.9 Å². The Morgan fingerprint density at radius 1 is 1.26 bits per heavy atom. The molecule has 1 amide bonds. The van der Waals surface area contributed by atoms with E-state index in [9.17, 15) is 9.59 Å². The number of carbonyl (C=O) groups excluding carboxylic acids is 1. The second-order valence-corrected chi connectivity index (χ2v) is 7.17. The van der Waals surface area contributed by atoms with Gasteiger partial charge in [-0.25, -0.2) is 4.79 Å². The molecule has 27 heavy (non-hydrogen) atoms. The second kappa shape index (κ2) is 7.19. The van der Waals surface area contributed by atoms with Gasteiger partial charge in [0, 0.05) is 25.6 Å². The molecule has 6 heteroatoms. The smallest absolute Gasteiger partial charge is 0.349 e. The van der Waals surface area contributed by atoms with Crippen LogP contribution in [0.1, 0.15) is 45.1 Å². The molecule has 1 fully saturated rings. The van der Waals surface area contributed by atoms with Gasteiger partial charge in [-0.2, -0.15) is 0 Å². The summed E-state index contributed by atoms with van der Waals surface area (Å²) >= 11 is 0. The van der Waals surface area contributed by atoms with E-state index in [1.165, 1.54) is 5.56 Å². The van der Waals surface area contributed by atoms with E-state index in [0.29, 0.717) is 37.6 Å². The number of rotatable bonds is 3. The van der Waals surface area contributed by atoms with E-state index in [-0.39, 0.29) is 17.4 Å². The zero-order valence-corrected chi connectivity index (χ0v) is 15.6. The minimum atomic E-state index is -0.553. The third-order valence-corrected chi connectivity index (χ3v) is 5.43. The molecule has 0 saturated carbocycles. The predicted octanol–water partition coefficient (Wildman–Crippen LogP) is 2.66. The van der Waals surface area contributed by atoms with E-state index in [0.717, 1.165) is 24.2 Å². The SMILES string of the molecule is COc1ccc2c(c1)CCN(C(=O)c1c(C)cc(C3CCOC3)oc1=O)C2. The summed E-state index contributed by atoms with van der Waals surface area (Å²) in [7, 11) is 1.64. The van der Waals surface area contributed by atoms with Gasteiger partial charge < -0.3 is 18.8 Å². The Kier molecular flexibility index (Phi) is 4.74. The Morgan fingerprint density at radius 2 is 2.11 bits per heavy atom. The van der Waals surface area contributed by atoms with Crippen molar-refractivity contribution in [3.63, 3.8) is 0 Å². The first-order valence-electron chi connectivity index (χ1n) is 9.24. The summed E-state index contributed by atoms with van der Waals surface area (Å²) in [5.41, 5.74) is 2.51. The Hall–Kier alpha value is -2.60. The molecule has 1 unspecified atom stereocenters. The van der Waals surface area contributed by atoms with Crippen molar-refractivity contribution in [2.45, 2.75) is 32.2 Å². The number of hydrogen-bond acceptors (Lipinski definition) is 5. The summed E-state index contributed by atoms with van der Waals surface area (Å²) in [4.78, 5) is 27.3. The van der Waals surface area contributed by atoms with Crippen LogP contribution in [0.3, 0.4) is 0 Å². The van der Waals surface area contributed by atoms with Crippen LogP contribution >= 0.6 is 0 Å². The number of fused-ring (bicyclic) bond motifs is 1. The molecular weight excluding hydrogens is 346 g/mol. The Morgan fingerprint density at radius 3 is 2.81 bits per heavy atom. The first-order chi connectivity index (χ1) is 13.1. The van der Waals surface area contributed by atoms with Crippen LogP contribution < -0.4 is 10.4 Å². The van der Waals surface area contributed by atoms with E-state index in [1.807, 2.05) is 24.3 Å². The van der Waals surface area contributed by atoms with Gasteiger partial charge in [-0.1, -0.05) is 6.07 Å². The normalized spacial score (nSPS) is 19.0. The number of carbonyl (C=O) groups is 1. The molecule has 0 bridgehead atoms. The van der Waals surface area contributed by atoms with Crippen LogP contribution in [0.25, 0.3) is 0 Å². The van der Waals surface area contributed by atoms with E-state index >= 15 is 0 Å². The molecule has 1 saturated heterocycles. The van der Waals surface area contributed by atoms with Gasteiger partial charge in [-0.15, -0.1) is 0 Å². The van der Waals surface area contributed by atoms with Crippen LogP contribution in [0.2, 0.25) is 0 Å². The highest BCUT2D eigenvalue weighted by Crippen LogP contribution is 2.27. The van der Waals surface area contributed by atoms with Gasteiger partial charge in [0.2, 0.25) is 0 Å². The highest BCUT2D eigenvalue weighted by molar-refractivity contribution is 5.95. The standard InChI is InChI=1S/C21H23NO5/c1-13-9-18(16-6-8-26-12-16)27-21(24)19(13)20(23)22-7-5-14-10-17(25-2)4-3-15(14)11-22/h3-4,9-10,16H,5-8,11-12H2,1-2H3. The van der Waals surface area contributed by atoms with Crippen LogP contribution in [0.15, 0.2) is 33.5 Å². The maximum Gasteiger partial charge on any atom is 0.349 e. The topological polar surface area (TPSA) is 69.0 Å². The molecule has 0 N–H and O–H groups in total. The van der Waals surface area contributed by atoms with Gasteiger partial charge in [0.05, 0.1) is 13.7 Å². The predicted molar refractivity (Wildman–Crippen MR) is 99.3 cm³/mol.